The van der Waals surface area contributed by atoms with Gasteiger partial charge in [-0.2, -0.15) is 0 Å². The second-order valence-corrected chi connectivity index (χ2v) is 4.51. The number of nitrogens with zero attached hydrogens (tertiary/aromatic N) is 3. The number of hydrogen-bond donors (Lipinski definition) is 1. The Kier molecular flexibility index (Phi) is 3.91. The molecule has 1 N–H and O–H groups in total. The molecule has 1 atom stereocenters. The molecule has 1 unspecified atom stereocenters. The Morgan fingerprint density at radius 2 is 2.35 bits per heavy atom. The molecule has 1 aliphatic rings. The van der Waals surface area contributed by atoms with Crippen molar-refractivity contribution < 1.29 is 9.84 Å². The monoisotopic (exact) mass is 237 g/mol. The molecule has 5 heteroatoms. The molecule has 94 valence electrons. The summed E-state index contributed by atoms with van der Waals surface area (Å²) in [5.74, 6) is 1.29. The van der Waals surface area contributed by atoms with Gasteiger partial charge in [-0.15, -0.1) is 0 Å². The highest BCUT2D eigenvalue weighted by Crippen LogP contribution is 2.21. The van der Waals surface area contributed by atoms with E-state index in [0.717, 1.165) is 37.8 Å². The summed E-state index contributed by atoms with van der Waals surface area (Å²) in [7, 11) is 1.73. The summed E-state index contributed by atoms with van der Waals surface area (Å²) < 4.78 is 5.17. The van der Waals surface area contributed by atoms with Crippen LogP contribution in [0.5, 0.6) is 0 Å². The van der Waals surface area contributed by atoms with Crippen LogP contribution in [0.4, 0.5) is 5.95 Å². The molecule has 1 aromatic heterocycles. The van der Waals surface area contributed by atoms with Crippen LogP contribution in [-0.4, -0.2) is 41.9 Å². The van der Waals surface area contributed by atoms with E-state index >= 15 is 0 Å². The van der Waals surface area contributed by atoms with Crippen LogP contribution in [0.2, 0.25) is 0 Å². The van der Waals surface area contributed by atoms with E-state index in [9.17, 15) is 0 Å². The van der Waals surface area contributed by atoms with Crippen LogP contribution in [-0.2, 0) is 11.3 Å². The molecule has 5 nitrogen and oxygen atoms in total. The minimum absolute atomic E-state index is 0.0360. The maximum absolute atomic E-state index is 9.14. The number of methoxy groups -OCH3 is 1. The topological polar surface area (TPSA) is 58.5 Å². The zero-order valence-electron chi connectivity index (χ0n) is 10.4. The first-order valence-corrected chi connectivity index (χ1v) is 5.92. The SMILES string of the molecule is COCC1CCN(c2nc(C)cc(CO)n2)C1. The summed E-state index contributed by atoms with van der Waals surface area (Å²) in [6.45, 7) is 4.57. The summed E-state index contributed by atoms with van der Waals surface area (Å²) in [5.41, 5.74) is 1.58. The van der Waals surface area contributed by atoms with E-state index < -0.39 is 0 Å². The molecule has 1 aromatic rings. The van der Waals surface area contributed by atoms with Crippen molar-refractivity contribution in [3.05, 3.63) is 17.5 Å². The third-order valence-electron chi connectivity index (χ3n) is 3.03. The van der Waals surface area contributed by atoms with Crippen molar-refractivity contribution in [2.75, 3.05) is 31.7 Å². The smallest absolute Gasteiger partial charge is 0.225 e. The van der Waals surface area contributed by atoms with Gasteiger partial charge < -0.3 is 14.7 Å². The fourth-order valence-corrected chi connectivity index (χ4v) is 2.23. The second kappa shape index (κ2) is 5.42. The first-order chi connectivity index (χ1) is 8.22. The zero-order chi connectivity index (χ0) is 12.3. The van der Waals surface area contributed by atoms with Crippen molar-refractivity contribution in [3.63, 3.8) is 0 Å². The fraction of sp³-hybridized carbons (Fsp3) is 0.667. The third kappa shape index (κ3) is 2.92. The highest BCUT2D eigenvalue weighted by molar-refractivity contribution is 5.33. The van der Waals surface area contributed by atoms with Crippen molar-refractivity contribution in [2.45, 2.75) is 20.0 Å². The molecule has 0 spiro atoms. The lowest BCUT2D eigenvalue weighted by Crippen LogP contribution is -2.23. The van der Waals surface area contributed by atoms with Crippen LogP contribution < -0.4 is 4.90 Å². The lowest BCUT2D eigenvalue weighted by molar-refractivity contribution is 0.161. The Bertz CT molecular complexity index is 384. The lowest BCUT2D eigenvalue weighted by atomic mass is 10.1. The summed E-state index contributed by atoms with van der Waals surface area (Å²) in [6.07, 6.45) is 1.11. The Hall–Kier alpha value is -1.20. The van der Waals surface area contributed by atoms with Crippen LogP contribution in [0, 0.1) is 12.8 Å². The Morgan fingerprint density at radius 3 is 3.06 bits per heavy atom. The standard InChI is InChI=1S/C12H19N3O2/c1-9-5-11(7-16)14-12(13-9)15-4-3-10(6-15)8-17-2/h5,10,16H,3-4,6-8H2,1-2H3. The van der Waals surface area contributed by atoms with Crippen LogP contribution in [0.15, 0.2) is 6.07 Å². The van der Waals surface area contributed by atoms with E-state index in [1.54, 1.807) is 7.11 Å². The van der Waals surface area contributed by atoms with Gasteiger partial charge in [0, 0.05) is 31.8 Å². The van der Waals surface area contributed by atoms with E-state index in [1.807, 2.05) is 13.0 Å². The van der Waals surface area contributed by atoms with Crippen molar-refractivity contribution >= 4 is 5.95 Å². The molecule has 1 fully saturated rings. The van der Waals surface area contributed by atoms with Gasteiger partial charge in [-0.05, 0) is 19.4 Å². The molecule has 2 heterocycles. The third-order valence-corrected chi connectivity index (χ3v) is 3.03. The zero-order valence-corrected chi connectivity index (χ0v) is 10.4. The van der Waals surface area contributed by atoms with Crippen molar-refractivity contribution in [2.24, 2.45) is 5.92 Å². The van der Waals surface area contributed by atoms with E-state index in [2.05, 4.69) is 14.9 Å². The Labute approximate surface area is 101 Å². The molecular weight excluding hydrogens is 218 g/mol. The van der Waals surface area contributed by atoms with Gasteiger partial charge in [0.15, 0.2) is 0 Å². The van der Waals surface area contributed by atoms with Gasteiger partial charge in [-0.25, -0.2) is 9.97 Å². The number of rotatable bonds is 4. The lowest BCUT2D eigenvalue weighted by Gasteiger charge is -2.17. The summed E-state index contributed by atoms with van der Waals surface area (Å²) in [5, 5.41) is 9.14. The quantitative estimate of drug-likeness (QED) is 0.837. The van der Waals surface area contributed by atoms with E-state index in [1.165, 1.54) is 0 Å². The molecule has 1 aliphatic heterocycles. The molecule has 0 amide bonds. The molecule has 2 rings (SSSR count). The molecule has 0 radical (unpaired) electrons. The van der Waals surface area contributed by atoms with Crippen LogP contribution in [0.3, 0.4) is 0 Å². The number of aliphatic hydroxyl groups excluding tert-OH is 1. The molecule has 17 heavy (non-hydrogen) atoms. The van der Waals surface area contributed by atoms with Gasteiger partial charge >= 0.3 is 0 Å². The molecular formula is C12H19N3O2. The molecule has 1 saturated heterocycles. The highest BCUT2D eigenvalue weighted by atomic mass is 16.5. The van der Waals surface area contributed by atoms with Gasteiger partial charge in [-0.1, -0.05) is 0 Å². The number of aliphatic hydroxyl groups is 1. The second-order valence-electron chi connectivity index (χ2n) is 4.51. The summed E-state index contributed by atoms with van der Waals surface area (Å²) in [6, 6.07) is 1.81. The largest absolute Gasteiger partial charge is 0.390 e. The van der Waals surface area contributed by atoms with E-state index in [-0.39, 0.29) is 6.61 Å². The number of aromatic nitrogens is 2. The molecule has 0 aromatic carbocycles. The van der Waals surface area contributed by atoms with Crippen LogP contribution >= 0.6 is 0 Å². The van der Waals surface area contributed by atoms with Crippen molar-refractivity contribution in [3.8, 4) is 0 Å². The first-order valence-electron chi connectivity index (χ1n) is 5.92. The number of hydrogen-bond acceptors (Lipinski definition) is 5. The molecule has 0 bridgehead atoms. The Morgan fingerprint density at radius 1 is 1.53 bits per heavy atom. The summed E-state index contributed by atoms with van der Waals surface area (Å²) >= 11 is 0. The first kappa shape index (κ1) is 12.3. The predicted octanol–water partition coefficient (Wildman–Crippen LogP) is 0.750. The minimum Gasteiger partial charge on any atom is -0.390 e. The molecule has 0 saturated carbocycles. The van der Waals surface area contributed by atoms with Crippen molar-refractivity contribution in [1.29, 1.82) is 0 Å². The highest BCUT2D eigenvalue weighted by Gasteiger charge is 2.24. The van der Waals surface area contributed by atoms with Gasteiger partial charge in [0.05, 0.1) is 18.9 Å². The van der Waals surface area contributed by atoms with Crippen molar-refractivity contribution in [1.82, 2.24) is 9.97 Å². The number of aryl methyl sites for hydroxylation is 1. The molecule has 0 aliphatic carbocycles. The van der Waals surface area contributed by atoms with Crippen LogP contribution in [0.1, 0.15) is 17.8 Å². The Balaban J connectivity index is 2.10. The number of anilines is 1. The average Bonchev–Trinajstić information content (AvgIpc) is 2.77. The van der Waals surface area contributed by atoms with E-state index in [4.69, 9.17) is 9.84 Å². The van der Waals surface area contributed by atoms with Gasteiger partial charge in [0.1, 0.15) is 0 Å². The van der Waals surface area contributed by atoms with Gasteiger partial charge in [0.25, 0.3) is 0 Å². The minimum atomic E-state index is -0.0360. The predicted molar refractivity (Wildman–Crippen MR) is 64.9 cm³/mol. The fourth-order valence-electron chi connectivity index (χ4n) is 2.23. The average molecular weight is 237 g/mol. The van der Waals surface area contributed by atoms with Gasteiger partial charge in [-0.3, -0.25) is 0 Å². The summed E-state index contributed by atoms with van der Waals surface area (Å²) in [4.78, 5) is 10.9. The maximum atomic E-state index is 9.14. The van der Waals surface area contributed by atoms with Gasteiger partial charge in [0.2, 0.25) is 5.95 Å². The normalized spacial score (nSPS) is 19.9. The van der Waals surface area contributed by atoms with E-state index in [0.29, 0.717) is 11.6 Å². The number of ether oxygens (including phenoxy) is 1. The van der Waals surface area contributed by atoms with Crippen LogP contribution in [0.25, 0.3) is 0 Å². The maximum Gasteiger partial charge on any atom is 0.225 e.